The Kier molecular flexibility index (Phi) is 5.96. The molecular weight excluding hydrogens is 621 g/mol. The Labute approximate surface area is 293 Å². The number of hydrogen-bond donors (Lipinski definition) is 0. The summed E-state index contributed by atoms with van der Waals surface area (Å²) in [7, 11) is 0. The van der Waals surface area contributed by atoms with Gasteiger partial charge in [0, 0.05) is 49.3 Å². The van der Waals surface area contributed by atoms with E-state index in [0.717, 1.165) is 44.4 Å². The lowest BCUT2D eigenvalue weighted by molar-refractivity contribution is 0.669. The quantitative estimate of drug-likeness (QED) is 0.186. The zero-order chi connectivity index (χ0) is 33.5. The minimum atomic E-state index is 0.908. The molecule has 3 aromatic heterocycles. The average Bonchev–Trinajstić information content (AvgIpc) is 3.86. The zero-order valence-corrected chi connectivity index (χ0v) is 27.6. The van der Waals surface area contributed by atoms with E-state index in [1.54, 1.807) is 0 Å². The molecule has 8 aromatic carbocycles. The third-order valence-corrected chi connectivity index (χ3v) is 10.5. The fourth-order valence-corrected chi connectivity index (χ4v) is 8.33. The lowest BCUT2D eigenvalue weighted by Gasteiger charge is -2.14. The van der Waals surface area contributed by atoms with Gasteiger partial charge in [-0.2, -0.15) is 0 Å². The Hall–Kier alpha value is -6.84. The van der Waals surface area contributed by atoms with E-state index in [-0.39, 0.29) is 0 Å². The summed E-state index contributed by atoms with van der Waals surface area (Å²) in [5.74, 6) is 0. The summed E-state index contributed by atoms with van der Waals surface area (Å²) < 4.78 is 11.0. The number of furan rings is 1. The summed E-state index contributed by atoms with van der Waals surface area (Å²) >= 11 is 0. The number of aromatic nitrogens is 2. The van der Waals surface area contributed by atoms with Gasteiger partial charge in [-0.15, -0.1) is 0 Å². The molecule has 238 valence electrons. The second-order valence-electron chi connectivity index (χ2n) is 13.3. The molecule has 0 N–H and O–H groups in total. The number of hydrogen-bond acceptors (Lipinski definition) is 1. The van der Waals surface area contributed by atoms with Crippen LogP contribution in [0.4, 0.5) is 0 Å². The molecule has 0 aliphatic rings. The summed E-state index contributed by atoms with van der Waals surface area (Å²) in [6.45, 7) is 0. The van der Waals surface area contributed by atoms with Crippen LogP contribution in [-0.4, -0.2) is 9.13 Å². The molecule has 3 nitrogen and oxygen atoms in total. The van der Waals surface area contributed by atoms with Crippen molar-refractivity contribution in [3.8, 4) is 33.6 Å². The molecule has 0 fully saturated rings. The molecule has 0 amide bonds. The van der Waals surface area contributed by atoms with Gasteiger partial charge in [-0.1, -0.05) is 121 Å². The Morgan fingerprint density at radius 2 is 0.941 bits per heavy atom. The Morgan fingerprint density at radius 1 is 0.333 bits per heavy atom. The van der Waals surface area contributed by atoms with Gasteiger partial charge >= 0.3 is 0 Å². The van der Waals surface area contributed by atoms with Gasteiger partial charge in [0.25, 0.3) is 0 Å². The van der Waals surface area contributed by atoms with Crippen LogP contribution in [0.25, 0.3) is 99.2 Å². The first kappa shape index (κ1) is 28.0. The number of para-hydroxylation sites is 5. The van der Waals surface area contributed by atoms with Crippen molar-refractivity contribution >= 4 is 65.6 Å². The molecule has 11 rings (SSSR count). The molecule has 51 heavy (non-hydrogen) atoms. The van der Waals surface area contributed by atoms with Crippen LogP contribution in [0.3, 0.4) is 0 Å². The van der Waals surface area contributed by atoms with Gasteiger partial charge in [0.1, 0.15) is 11.2 Å². The maximum Gasteiger partial charge on any atom is 0.135 e. The third kappa shape index (κ3) is 4.12. The van der Waals surface area contributed by atoms with E-state index in [1.807, 2.05) is 12.1 Å². The van der Waals surface area contributed by atoms with Gasteiger partial charge in [0.15, 0.2) is 0 Å². The number of nitrogens with zero attached hydrogens (tertiary/aromatic N) is 2. The van der Waals surface area contributed by atoms with Crippen LogP contribution in [0.1, 0.15) is 0 Å². The fraction of sp³-hybridized carbons (Fsp3) is 0. The Bertz CT molecular complexity index is 3140. The maximum atomic E-state index is 6.16. The SMILES string of the molecule is c1ccc(-n2c3ccccc3c3c(-c4cccc5c6ccccc6n(-c6cccc(-c7ccc8oc9ccccc9c8c7)c6)c45)cccc32)cc1. The molecule has 0 unspecified atom stereocenters. The van der Waals surface area contributed by atoms with Crippen molar-refractivity contribution in [1.29, 1.82) is 0 Å². The van der Waals surface area contributed by atoms with Crippen LogP contribution in [0.2, 0.25) is 0 Å². The van der Waals surface area contributed by atoms with E-state index in [4.69, 9.17) is 4.42 Å². The molecule has 0 saturated carbocycles. The van der Waals surface area contributed by atoms with Crippen LogP contribution in [0.5, 0.6) is 0 Å². The first-order valence-electron chi connectivity index (χ1n) is 17.4. The monoisotopic (exact) mass is 650 g/mol. The topological polar surface area (TPSA) is 23.0 Å². The first-order chi connectivity index (χ1) is 25.3. The fourth-order valence-electron chi connectivity index (χ4n) is 8.33. The summed E-state index contributed by atoms with van der Waals surface area (Å²) in [5, 5.41) is 7.26. The second-order valence-corrected chi connectivity index (χ2v) is 13.3. The van der Waals surface area contributed by atoms with Crippen LogP contribution < -0.4 is 0 Å². The normalized spacial score (nSPS) is 11.9. The van der Waals surface area contributed by atoms with Crippen molar-refractivity contribution < 1.29 is 4.42 Å². The Balaban J connectivity index is 1.18. The summed E-state index contributed by atoms with van der Waals surface area (Å²) in [5.41, 5.74) is 13.7. The smallest absolute Gasteiger partial charge is 0.135 e. The molecule has 0 aliphatic heterocycles. The summed E-state index contributed by atoms with van der Waals surface area (Å²) in [6, 6.07) is 65.6. The van der Waals surface area contributed by atoms with E-state index in [1.165, 1.54) is 54.7 Å². The van der Waals surface area contributed by atoms with E-state index in [9.17, 15) is 0 Å². The molecule has 0 saturated heterocycles. The second kappa shape index (κ2) is 10.8. The van der Waals surface area contributed by atoms with Gasteiger partial charge in [0.2, 0.25) is 0 Å². The van der Waals surface area contributed by atoms with Crippen molar-refractivity contribution in [2.24, 2.45) is 0 Å². The predicted octanol–water partition coefficient (Wildman–Crippen LogP) is 13.1. The zero-order valence-electron chi connectivity index (χ0n) is 27.6. The van der Waals surface area contributed by atoms with Crippen molar-refractivity contribution in [1.82, 2.24) is 9.13 Å². The first-order valence-corrected chi connectivity index (χ1v) is 17.4. The van der Waals surface area contributed by atoms with E-state index < -0.39 is 0 Å². The van der Waals surface area contributed by atoms with Crippen LogP contribution in [0.15, 0.2) is 186 Å². The molecule has 0 aliphatic carbocycles. The van der Waals surface area contributed by atoms with Gasteiger partial charge in [0.05, 0.1) is 22.1 Å². The molecule has 3 heterocycles. The summed E-state index contributed by atoms with van der Waals surface area (Å²) in [6.07, 6.45) is 0. The van der Waals surface area contributed by atoms with E-state index in [2.05, 4.69) is 179 Å². The predicted molar refractivity (Wildman–Crippen MR) is 213 cm³/mol. The van der Waals surface area contributed by atoms with Crippen molar-refractivity contribution in [2.45, 2.75) is 0 Å². The molecule has 0 bridgehead atoms. The van der Waals surface area contributed by atoms with Crippen LogP contribution in [0, 0.1) is 0 Å². The number of benzene rings is 8. The summed E-state index contributed by atoms with van der Waals surface area (Å²) in [4.78, 5) is 0. The van der Waals surface area contributed by atoms with Crippen molar-refractivity contribution in [2.75, 3.05) is 0 Å². The lowest BCUT2D eigenvalue weighted by atomic mass is 9.97. The van der Waals surface area contributed by atoms with Crippen LogP contribution in [-0.2, 0) is 0 Å². The lowest BCUT2D eigenvalue weighted by Crippen LogP contribution is -1.96. The number of rotatable bonds is 4. The minimum Gasteiger partial charge on any atom is -0.456 e. The molecule has 3 heteroatoms. The van der Waals surface area contributed by atoms with E-state index >= 15 is 0 Å². The standard InChI is InChI=1S/C48H30N2O/c1-2-14-33(15-3-1)49-43-24-8-5-19-40(43)47-37(20-12-25-44(47)49)39-22-11-21-38-35-17-4-7-23-42(35)50(48(38)39)34-16-10-13-31(29-34)32-27-28-46-41(30-32)36-18-6-9-26-45(36)51-46/h1-30H. The van der Waals surface area contributed by atoms with Crippen molar-refractivity contribution in [3.05, 3.63) is 182 Å². The number of fused-ring (bicyclic) bond motifs is 9. The maximum absolute atomic E-state index is 6.16. The molecule has 0 radical (unpaired) electrons. The van der Waals surface area contributed by atoms with Crippen LogP contribution >= 0.6 is 0 Å². The highest BCUT2D eigenvalue weighted by atomic mass is 16.3. The average molecular weight is 651 g/mol. The van der Waals surface area contributed by atoms with Crippen molar-refractivity contribution in [3.63, 3.8) is 0 Å². The molecule has 0 atom stereocenters. The van der Waals surface area contributed by atoms with Gasteiger partial charge < -0.3 is 13.6 Å². The molecule has 0 spiro atoms. The van der Waals surface area contributed by atoms with Gasteiger partial charge in [-0.25, -0.2) is 0 Å². The van der Waals surface area contributed by atoms with E-state index in [0.29, 0.717) is 0 Å². The highest BCUT2D eigenvalue weighted by Gasteiger charge is 2.21. The molecular formula is C48H30N2O. The molecule has 11 aromatic rings. The minimum absolute atomic E-state index is 0.908. The highest BCUT2D eigenvalue weighted by Crippen LogP contribution is 2.44. The van der Waals surface area contributed by atoms with Gasteiger partial charge in [-0.05, 0) is 77.4 Å². The third-order valence-electron chi connectivity index (χ3n) is 10.5. The largest absolute Gasteiger partial charge is 0.456 e. The highest BCUT2D eigenvalue weighted by molar-refractivity contribution is 6.20. The Morgan fingerprint density at radius 3 is 1.82 bits per heavy atom. The van der Waals surface area contributed by atoms with Gasteiger partial charge in [-0.3, -0.25) is 0 Å².